The summed E-state index contributed by atoms with van der Waals surface area (Å²) in [6.07, 6.45) is 1.18. The maximum Gasteiger partial charge on any atom is 0.416 e. The van der Waals surface area contributed by atoms with Crippen LogP contribution in [0.2, 0.25) is 0 Å². The number of amides is 1. The fraction of sp³-hybridized carbons (Fsp3) is 0.400. The van der Waals surface area contributed by atoms with Gasteiger partial charge in [0, 0.05) is 17.1 Å². The van der Waals surface area contributed by atoms with Crippen LogP contribution in [0.4, 0.5) is 18.9 Å². The number of carbonyl (C=O) groups is 1. The first-order valence-corrected chi connectivity index (χ1v) is 11.1. The van der Waals surface area contributed by atoms with Crippen molar-refractivity contribution < 1.29 is 27.8 Å². The summed E-state index contributed by atoms with van der Waals surface area (Å²) in [5, 5.41) is 13.4. The zero-order valence-electron chi connectivity index (χ0n) is 17.9. The molecule has 5 rings (SSSR count). The maximum absolute atomic E-state index is 12.7. The van der Waals surface area contributed by atoms with E-state index in [-0.39, 0.29) is 24.5 Å². The van der Waals surface area contributed by atoms with Gasteiger partial charge in [-0.1, -0.05) is 18.6 Å². The Balaban J connectivity index is 1.22. The van der Waals surface area contributed by atoms with Gasteiger partial charge >= 0.3 is 6.18 Å². The Bertz CT molecular complexity index is 1150. The lowest BCUT2D eigenvalue weighted by atomic mass is 9.68. The van der Waals surface area contributed by atoms with Crippen LogP contribution in [0, 0.1) is 5.41 Å². The zero-order valence-corrected chi connectivity index (χ0v) is 17.9. The zero-order chi connectivity index (χ0) is 23.2. The molecule has 0 spiro atoms. The molecule has 1 aromatic heterocycles. The molecule has 1 heterocycles. The van der Waals surface area contributed by atoms with E-state index >= 15 is 0 Å². The van der Waals surface area contributed by atoms with Crippen LogP contribution in [-0.2, 0) is 11.0 Å². The number of aromatic nitrogens is 1. The summed E-state index contributed by atoms with van der Waals surface area (Å²) in [6, 6.07) is 11.0. The van der Waals surface area contributed by atoms with Crippen LogP contribution < -0.4 is 10.1 Å². The number of rotatable bonds is 6. The van der Waals surface area contributed by atoms with E-state index in [1.54, 1.807) is 18.3 Å². The first-order chi connectivity index (χ1) is 15.8. The smallest absolute Gasteiger partial charge is 0.416 e. The topological polar surface area (TPSA) is 74.4 Å². The lowest BCUT2D eigenvalue weighted by Gasteiger charge is -2.38. The van der Waals surface area contributed by atoms with E-state index < -0.39 is 17.2 Å². The standard InChI is InChI=1S/C25H25F3N2O3/c26-25(27,28)17-4-2-15(3-5-17)16-10-19(11-16)33-18-6-7-21-20(12-18)22(13-29-21)30-23(32)24(14-31)8-1-9-24/h2-7,12-13,16,19,29,31H,1,8-11,14H2,(H,30,32). The predicted molar refractivity (Wildman–Crippen MR) is 118 cm³/mol. The summed E-state index contributed by atoms with van der Waals surface area (Å²) < 4.78 is 44.3. The minimum Gasteiger partial charge on any atom is -0.490 e. The van der Waals surface area contributed by atoms with Gasteiger partial charge < -0.3 is 20.1 Å². The second-order valence-electron chi connectivity index (χ2n) is 9.18. The second kappa shape index (κ2) is 8.09. The summed E-state index contributed by atoms with van der Waals surface area (Å²) in [4.78, 5) is 15.8. The Labute approximate surface area is 188 Å². The molecule has 0 aliphatic heterocycles. The van der Waals surface area contributed by atoms with Gasteiger partial charge in [0.2, 0.25) is 5.91 Å². The highest BCUT2D eigenvalue weighted by atomic mass is 19.4. The van der Waals surface area contributed by atoms with Gasteiger partial charge in [0.1, 0.15) is 5.75 Å². The molecule has 0 saturated heterocycles. The lowest BCUT2D eigenvalue weighted by molar-refractivity contribution is -0.137. The van der Waals surface area contributed by atoms with E-state index in [1.807, 2.05) is 18.2 Å². The molecule has 2 aromatic carbocycles. The molecule has 1 amide bonds. The number of hydrogen-bond acceptors (Lipinski definition) is 3. The third-order valence-corrected chi connectivity index (χ3v) is 7.10. The number of carbonyl (C=O) groups excluding carboxylic acids is 1. The largest absolute Gasteiger partial charge is 0.490 e. The molecule has 2 aliphatic carbocycles. The van der Waals surface area contributed by atoms with E-state index in [1.165, 1.54) is 0 Å². The molecular weight excluding hydrogens is 433 g/mol. The van der Waals surface area contributed by atoms with Crippen LogP contribution in [-0.4, -0.2) is 28.7 Å². The number of halogens is 3. The number of fused-ring (bicyclic) bond motifs is 1. The van der Waals surface area contributed by atoms with Gasteiger partial charge in [-0.25, -0.2) is 0 Å². The van der Waals surface area contributed by atoms with Crippen molar-refractivity contribution in [1.82, 2.24) is 4.98 Å². The molecular formula is C25H25F3N2O3. The van der Waals surface area contributed by atoms with Crippen LogP contribution in [0.3, 0.4) is 0 Å². The average Bonchev–Trinajstić information content (AvgIpc) is 3.11. The first kappa shape index (κ1) is 21.8. The minimum atomic E-state index is -4.32. The van der Waals surface area contributed by atoms with E-state index in [4.69, 9.17) is 4.74 Å². The van der Waals surface area contributed by atoms with Gasteiger partial charge in [0.15, 0.2) is 0 Å². The first-order valence-electron chi connectivity index (χ1n) is 11.1. The molecule has 2 saturated carbocycles. The van der Waals surface area contributed by atoms with Crippen LogP contribution in [0.15, 0.2) is 48.7 Å². The quantitative estimate of drug-likeness (QED) is 0.449. The van der Waals surface area contributed by atoms with Crippen molar-refractivity contribution in [2.75, 3.05) is 11.9 Å². The van der Waals surface area contributed by atoms with Crippen molar-refractivity contribution in [3.8, 4) is 5.75 Å². The minimum absolute atomic E-state index is 0.0145. The van der Waals surface area contributed by atoms with Crippen molar-refractivity contribution in [2.45, 2.75) is 50.3 Å². The van der Waals surface area contributed by atoms with E-state index in [9.17, 15) is 23.1 Å². The van der Waals surface area contributed by atoms with E-state index in [0.29, 0.717) is 24.3 Å². The van der Waals surface area contributed by atoms with Crippen molar-refractivity contribution in [3.05, 3.63) is 59.8 Å². The lowest BCUT2D eigenvalue weighted by Crippen LogP contribution is -2.44. The number of ether oxygens (including phenoxy) is 1. The van der Waals surface area contributed by atoms with Crippen LogP contribution in [0.5, 0.6) is 5.75 Å². The Kier molecular flexibility index (Phi) is 5.35. The Morgan fingerprint density at radius 1 is 1.15 bits per heavy atom. The number of aromatic amines is 1. The molecule has 5 nitrogen and oxygen atoms in total. The number of alkyl halides is 3. The van der Waals surface area contributed by atoms with Crippen molar-refractivity contribution in [1.29, 1.82) is 0 Å². The average molecular weight is 458 g/mol. The summed E-state index contributed by atoms with van der Waals surface area (Å²) in [5.74, 6) is 0.691. The molecule has 2 aliphatic rings. The second-order valence-corrected chi connectivity index (χ2v) is 9.18. The number of H-pyrrole nitrogens is 1. The third kappa shape index (κ3) is 4.08. The van der Waals surface area contributed by atoms with Gasteiger partial charge in [0.25, 0.3) is 0 Å². The highest BCUT2D eigenvalue weighted by Crippen LogP contribution is 2.43. The number of aliphatic hydroxyl groups is 1. The fourth-order valence-electron chi connectivity index (χ4n) is 4.66. The van der Waals surface area contributed by atoms with Crippen LogP contribution in [0.1, 0.15) is 49.1 Å². The molecule has 174 valence electrons. The summed E-state index contributed by atoms with van der Waals surface area (Å²) in [7, 11) is 0. The highest BCUT2D eigenvalue weighted by Gasteiger charge is 2.43. The predicted octanol–water partition coefficient (Wildman–Crippen LogP) is 5.61. The van der Waals surface area contributed by atoms with Gasteiger partial charge in [-0.05, 0) is 67.5 Å². The van der Waals surface area contributed by atoms with Crippen LogP contribution >= 0.6 is 0 Å². The molecule has 0 unspecified atom stereocenters. The number of aliphatic hydroxyl groups excluding tert-OH is 1. The maximum atomic E-state index is 12.7. The fourth-order valence-corrected chi connectivity index (χ4v) is 4.66. The third-order valence-electron chi connectivity index (χ3n) is 7.10. The Morgan fingerprint density at radius 2 is 1.88 bits per heavy atom. The number of anilines is 1. The molecule has 0 radical (unpaired) electrons. The van der Waals surface area contributed by atoms with Crippen molar-refractivity contribution in [3.63, 3.8) is 0 Å². The van der Waals surface area contributed by atoms with Crippen molar-refractivity contribution >= 4 is 22.5 Å². The summed E-state index contributed by atoms with van der Waals surface area (Å²) in [6.45, 7) is -0.155. The summed E-state index contributed by atoms with van der Waals surface area (Å²) in [5.41, 5.74) is 1.08. The molecule has 0 atom stereocenters. The molecule has 8 heteroatoms. The number of benzene rings is 2. The van der Waals surface area contributed by atoms with Crippen molar-refractivity contribution in [2.24, 2.45) is 5.41 Å². The highest BCUT2D eigenvalue weighted by molar-refractivity contribution is 6.04. The number of nitrogens with one attached hydrogen (secondary N) is 2. The van der Waals surface area contributed by atoms with Gasteiger partial charge in [-0.15, -0.1) is 0 Å². The normalized spacial score (nSPS) is 21.8. The number of hydrogen-bond donors (Lipinski definition) is 3. The van der Waals surface area contributed by atoms with E-state index in [2.05, 4.69) is 10.3 Å². The molecule has 3 N–H and O–H groups in total. The monoisotopic (exact) mass is 458 g/mol. The Hall–Kier alpha value is -3.00. The molecule has 2 fully saturated rings. The van der Waals surface area contributed by atoms with Gasteiger partial charge in [-0.2, -0.15) is 13.2 Å². The van der Waals surface area contributed by atoms with Crippen LogP contribution in [0.25, 0.3) is 10.9 Å². The molecule has 33 heavy (non-hydrogen) atoms. The molecule has 3 aromatic rings. The van der Waals surface area contributed by atoms with Gasteiger partial charge in [0.05, 0.1) is 29.4 Å². The van der Waals surface area contributed by atoms with Gasteiger partial charge in [-0.3, -0.25) is 4.79 Å². The molecule has 0 bridgehead atoms. The summed E-state index contributed by atoms with van der Waals surface area (Å²) >= 11 is 0. The van der Waals surface area contributed by atoms with E-state index in [0.717, 1.165) is 47.9 Å². The Morgan fingerprint density at radius 3 is 2.48 bits per heavy atom. The SMILES string of the molecule is O=C(Nc1c[nH]c2ccc(OC3CC(c4ccc(C(F)(F)F)cc4)C3)cc12)C1(CO)CCC1.